The highest BCUT2D eigenvalue weighted by atomic mass is 32.1. The number of anilines is 1. The Morgan fingerprint density at radius 2 is 1.74 bits per heavy atom. The molecule has 0 amide bonds. The Balaban J connectivity index is 0.00000126. The Kier molecular flexibility index (Phi) is 7.50. The number of allylic oxidation sites excluding steroid dienone is 1. The summed E-state index contributed by atoms with van der Waals surface area (Å²) in [5, 5.41) is 2.99. The van der Waals surface area contributed by atoms with Crippen LogP contribution in [-0.4, -0.2) is 9.97 Å². The quantitative estimate of drug-likeness (QED) is 0.494. The van der Waals surface area contributed by atoms with Crippen LogP contribution in [0.15, 0.2) is 67.0 Å². The molecule has 3 rings (SSSR count). The molecule has 0 fully saturated rings. The summed E-state index contributed by atoms with van der Waals surface area (Å²) in [5.41, 5.74) is 6.27. The maximum absolute atomic E-state index is 4.44. The van der Waals surface area contributed by atoms with Gasteiger partial charge in [0.05, 0.1) is 11.9 Å². The molecular formula is C23H27N3S. The zero-order chi connectivity index (χ0) is 19.8. The predicted octanol–water partition coefficient (Wildman–Crippen LogP) is 6.72. The van der Waals surface area contributed by atoms with E-state index in [2.05, 4.69) is 71.8 Å². The van der Waals surface area contributed by atoms with Crippen molar-refractivity contribution in [2.75, 3.05) is 4.90 Å². The maximum atomic E-state index is 4.44. The van der Waals surface area contributed by atoms with Crippen molar-refractivity contribution in [3.8, 4) is 0 Å². The largest absolute Gasteiger partial charge is 0.315 e. The Morgan fingerprint density at radius 1 is 1.04 bits per heavy atom. The summed E-state index contributed by atoms with van der Waals surface area (Å²) in [7, 11) is 0. The van der Waals surface area contributed by atoms with Crippen LogP contribution in [0.2, 0.25) is 0 Å². The van der Waals surface area contributed by atoms with Gasteiger partial charge in [-0.15, -0.1) is 11.3 Å². The Bertz CT molecular complexity index is 876. The zero-order valence-corrected chi connectivity index (χ0v) is 17.5. The lowest BCUT2D eigenvalue weighted by molar-refractivity contribution is 1.17. The van der Waals surface area contributed by atoms with E-state index in [1.54, 1.807) is 11.3 Å². The van der Waals surface area contributed by atoms with E-state index in [1.807, 2.05) is 44.6 Å². The van der Waals surface area contributed by atoms with Crippen molar-refractivity contribution < 1.29 is 0 Å². The first-order valence-corrected chi connectivity index (χ1v) is 9.98. The van der Waals surface area contributed by atoms with Crippen molar-refractivity contribution >= 4 is 28.3 Å². The highest BCUT2D eigenvalue weighted by Crippen LogP contribution is 2.28. The first kappa shape index (κ1) is 20.6. The molecule has 0 atom stereocenters. The molecule has 27 heavy (non-hydrogen) atoms. The van der Waals surface area contributed by atoms with E-state index < -0.39 is 0 Å². The van der Waals surface area contributed by atoms with Crippen LogP contribution in [0.5, 0.6) is 0 Å². The fraction of sp³-hybridized carbons (Fsp3) is 0.217. The number of pyridine rings is 1. The molecule has 0 spiro atoms. The van der Waals surface area contributed by atoms with E-state index in [0.29, 0.717) is 0 Å². The highest BCUT2D eigenvalue weighted by Gasteiger charge is 2.12. The van der Waals surface area contributed by atoms with Crippen LogP contribution < -0.4 is 4.90 Å². The molecule has 0 saturated carbocycles. The van der Waals surface area contributed by atoms with E-state index in [0.717, 1.165) is 33.2 Å². The van der Waals surface area contributed by atoms with Gasteiger partial charge in [0.1, 0.15) is 5.01 Å². The van der Waals surface area contributed by atoms with Crippen LogP contribution >= 0.6 is 11.3 Å². The van der Waals surface area contributed by atoms with Gasteiger partial charge in [0.2, 0.25) is 0 Å². The van der Waals surface area contributed by atoms with Gasteiger partial charge in [0.25, 0.3) is 0 Å². The normalized spacial score (nSPS) is 10.8. The number of rotatable bonds is 5. The molecule has 0 unspecified atom stereocenters. The van der Waals surface area contributed by atoms with Gasteiger partial charge in [0.15, 0.2) is 0 Å². The Morgan fingerprint density at radius 3 is 2.30 bits per heavy atom. The summed E-state index contributed by atoms with van der Waals surface area (Å²) in [4.78, 5) is 10.9. The van der Waals surface area contributed by atoms with E-state index in [4.69, 9.17) is 0 Å². The summed E-state index contributed by atoms with van der Waals surface area (Å²) in [6.45, 7) is 14.5. The third kappa shape index (κ3) is 5.38. The first-order chi connectivity index (χ1) is 13.0. The van der Waals surface area contributed by atoms with Gasteiger partial charge in [-0.2, -0.15) is 0 Å². The third-order valence-corrected chi connectivity index (χ3v) is 4.85. The summed E-state index contributed by atoms with van der Waals surface area (Å²) in [5.74, 6) is 0. The molecule has 2 heterocycles. The van der Waals surface area contributed by atoms with Crippen LogP contribution in [0, 0.1) is 13.8 Å². The first-order valence-electron chi connectivity index (χ1n) is 9.11. The van der Waals surface area contributed by atoms with E-state index in [9.17, 15) is 0 Å². The standard InChI is InChI=1S/C21H21N3S.C2H6/c1-15-5-8-19(9-6-15)18(4)24(20-10-7-17(3)23-13-20)14-16(2)21-22-11-12-25-21;1-2/h5-14H,4H2,1-3H3;1-2H3/b16-14+;. The van der Waals surface area contributed by atoms with Gasteiger partial charge in [0, 0.05) is 34.7 Å². The summed E-state index contributed by atoms with van der Waals surface area (Å²) in [6.07, 6.45) is 5.78. The van der Waals surface area contributed by atoms with Crippen molar-refractivity contribution in [1.82, 2.24) is 9.97 Å². The van der Waals surface area contributed by atoms with Crippen LogP contribution in [-0.2, 0) is 0 Å². The van der Waals surface area contributed by atoms with Crippen LogP contribution in [0.4, 0.5) is 5.69 Å². The molecule has 3 nitrogen and oxygen atoms in total. The van der Waals surface area contributed by atoms with Gasteiger partial charge < -0.3 is 4.90 Å². The fourth-order valence-corrected chi connectivity index (χ4v) is 3.07. The van der Waals surface area contributed by atoms with Gasteiger partial charge in [-0.3, -0.25) is 4.98 Å². The van der Waals surface area contributed by atoms with Crippen LogP contribution in [0.3, 0.4) is 0 Å². The van der Waals surface area contributed by atoms with E-state index in [-0.39, 0.29) is 0 Å². The molecule has 0 saturated heterocycles. The number of nitrogens with zero attached hydrogens (tertiary/aromatic N) is 3. The SMILES string of the molecule is C=C(c1ccc(C)cc1)N(/C=C(\C)c1nccs1)c1ccc(C)nc1.CC. The molecule has 0 aliphatic rings. The number of aromatic nitrogens is 2. The summed E-state index contributed by atoms with van der Waals surface area (Å²) >= 11 is 1.63. The molecule has 140 valence electrons. The van der Waals surface area contributed by atoms with Gasteiger partial charge in [-0.05, 0) is 38.5 Å². The van der Waals surface area contributed by atoms with Crippen molar-refractivity contribution in [3.63, 3.8) is 0 Å². The number of hydrogen-bond donors (Lipinski definition) is 0. The van der Waals surface area contributed by atoms with Crippen LogP contribution in [0.1, 0.15) is 42.6 Å². The minimum Gasteiger partial charge on any atom is -0.315 e. The molecule has 1 aromatic carbocycles. The van der Waals surface area contributed by atoms with E-state index in [1.165, 1.54) is 5.56 Å². The smallest absolute Gasteiger partial charge is 0.120 e. The fourth-order valence-electron chi connectivity index (χ4n) is 2.46. The maximum Gasteiger partial charge on any atom is 0.120 e. The summed E-state index contributed by atoms with van der Waals surface area (Å²) in [6, 6.07) is 12.5. The number of aryl methyl sites for hydroxylation is 2. The molecule has 0 radical (unpaired) electrons. The average Bonchev–Trinajstić information content (AvgIpc) is 3.23. The molecule has 3 aromatic rings. The zero-order valence-electron chi connectivity index (χ0n) is 16.7. The molecule has 0 bridgehead atoms. The van der Waals surface area contributed by atoms with E-state index >= 15 is 0 Å². The molecule has 2 aromatic heterocycles. The summed E-state index contributed by atoms with van der Waals surface area (Å²) < 4.78 is 0. The van der Waals surface area contributed by atoms with Crippen molar-refractivity contribution in [2.24, 2.45) is 0 Å². The number of hydrogen-bond acceptors (Lipinski definition) is 4. The lowest BCUT2D eigenvalue weighted by Crippen LogP contribution is -2.14. The minimum atomic E-state index is 0.904. The topological polar surface area (TPSA) is 29.0 Å². The molecule has 4 heteroatoms. The number of benzene rings is 1. The second kappa shape index (κ2) is 9.83. The van der Waals surface area contributed by atoms with Crippen molar-refractivity contribution in [2.45, 2.75) is 34.6 Å². The van der Waals surface area contributed by atoms with Gasteiger partial charge in [-0.25, -0.2) is 4.98 Å². The second-order valence-corrected chi connectivity index (χ2v) is 6.88. The number of thiazole rings is 1. The van der Waals surface area contributed by atoms with Gasteiger partial charge in [-0.1, -0.05) is 50.3 Å². The molecule has 0 N–H and O–H groups in total. The van der Waals surface area contributed by atoms with Gasteiger partial charge >= 0.3 is 0 Å². The highest BCUT2D eigenvalue weighted by molar-refractivity contribution is 7.10. The van der Waals surface area contributed by atoms with Crippen molar-refractivity contribution in [1.29, 1.82) is 0 Å². The third-order valence-electron chi connectivity index (χ3n) is 3.94. The van der Waals surface area contributed by atoms with Crippen LogP contribution in [0.25, 0.3) is 11.3 Å². The molecular weight excluding hydrogens is 350 g/mol. The molecule has 0 aliphatic heterocycles. The lowest BCUT2D eigenvalue weighted by Gasteiger charge is -2.24. The Labute approximate surface area is 166 Å². The minimum absolute atomic E-state index is 0.904. The van der Waals surface area contributed by atoms with Crippen molar-refractivity contribution in [3.05, 3.63) is 88.8 Å². The second-order valence-electron chi connectivity index (χ2n) is 5.99. The predicted molar refractivity (Wildman–Crippen MR) is 119 cm³/mol. The molecule has 0 aliphatic carbocycles. The Hall–Kier alpha value is -2.72. The lowest BCUT2D eigenvalue weighted by atomic mass is 10.1. The average molecular weight is 378 g/mol. The monoisotopic (exact) mass is 377 g/mol.